The van der Waals surface area contributed by atoms with E-state index in [1.807, 2.05) is 47.2 Å². The predicted molar refractivity (Wildman–Crippen MR) is 95.7 cm³/mol. The van der Waals surface area contributed by atoms with Crippen LogP contribution >= 0.6 is 11.3 Å². The van der Waals surface area contributed by atoms with Crippen molar-refractivity contribution in [1.82, 2.24) is 10.3 Å². The summed E-state index contributed by atoms with van der Waals surface area (Å²) in [5, 5.41) is 6.98. The molecule has 1 atom stereocenters. The van der Waals surface area contributed by atoms with Crippen molar-refractivity contribution in [3.63, 3.8) is 0 Å². The van der Waals surface area contributed by atoms with Crippen molar-refractivity contribution in [2.45, 2.75) is 12.6 Å². The Bertz CT molecular complexity index is 880. The van der Waals surface area contributed by atoms with E-state index in [0.29, 0.717) is 18.0 Å². The van der Waals surface area contributed by atoms with Gasteiger partial charge in [-0.2, -0.15) is 11.3 Å². The molecule has 3 heterocycles. The first-order valence-electron chi connectivity index (χ1n) is 7.94. The zero-order chi connectivity index (χ0) is 17.1. The lowest BCUT2D eigenvalue weighted by Crippen LogP contribution is -2.43. The number of hydrogen-bond acceptors (Lipinski definition) is 5. The van der Waals surface area contributed by atoms with Crippen LogP contribution in [0.2, 0.25) is 0 Å². The molecule has 1 amide bonds. The van der Waals surface area contributed by atoms with Crippen molar-refractivity contribution in [3.05, 3.63) is 65.0 Å². The molecule has 0 saturated heterocycles. The molecule has 1 aliphatic rings. The molecular formula is C19H16N2O3S. The van der Waals surface area contributed by atoms with Crippen molar-refractivity contribution in [3.8, 4) is 22.8 Å². The molecule has 0 radical (unpaired) electrons. The molecule has 0 aliphatic carbocycles. The fraction of sp³-hybridized carbons (Fsp3) is 0.158. The Morgan fingerprint density at radius 1 is 1.20 bits per heavy atom. The van der Waals surface area contributed by atoms with Crippen LogP contribution in [0.4, 0.5) is 0 Å². The Labute approximate surface area is 149 Å². The molecule has 6 heteroatoms. The Hall–Kier alpha value is -2.86. The molecule has 0 bridgehead atoms. The first kappa shape index (κ1) is 15.7. The summed E-state index contributed by atoms with van der Waals surface area (Å²) >= 11 is 1.62. The van der Waals surface area contributed by atoms with Gasteiger partial charge in [0.1, 0.15) is 6.61 Å². The van der Waals surface area contributed by atoms with Gasteiger partial charge in [0.15, 0.2) is 11.5 Å². The van der Waals surface area contributed by atoms with E-state index in [2.05, 4.69) is 10.3 Å². The van der Waals surface area contributed by atoms with E-state index in [-0.39, 0.29) is 12.5 Å². The maximum absolute atomic E-state index is 12.4. The molecular weight excluding hydrogens is 336 g/mol. The minimum atomic E-state index is -0.656. The standard InChI is InChI=1S/C19H16N2O3S/c22-19(17-11-23-15-5-1-2-6-16(15)24-17)21-10-13-4-3-8-20-18(13)14-7-9-25-12-14/h1-9,12,17H,10-11H2,(H,21,22). The minimum Gasteiger partial charge on any atom is -0.485 e. The lowest BCUT2D eigenvalue weighted by atomic mass is 10.1. The van der Waals surface area contributed by atoms with Crippen LogP contribution in [-0.2, 0) is 11.3 Å². The molecule has 1 unspecified atom stereocenters. The molecule has 126 valence electrons. The molecule has 0 fully saturated rings. The average Bonchev–Trinajstić information content (AvgIpc) is 3.20. The molecule has 2 aromatic heterocycles. The lowest BCUT2D eigenvalue weighted by molar-refractivity contribution is -0.130. The minimum absolute atomic E-state index is 0.199. The summed E-state index contributed by atoms with van der Waals surface area (Å²) in [6.07, 6.45) is 1.10. The van der Waals surface area contributed by atoms with Gasteiger partial charge in [-0.15, -0.1) is 0 Å². The molecule has 25 heavy (non-hydrogen) atoms. The molecule has 1 N–H and O–H groups in total. The summed E-state index contributed by atoms with van der Waals surface area (Å²) in [4.78, 5) is 16.9. The number of ether oxygens (including phenoxy) is 2. The Kier molecular flexibility index (Phi) is 4.35. The average molecular weight is 352 g/mol. The zero-order valence-electron chi connectivity index (χ0n) is 13.3. The smallest absolute Gasteiger partial charge is 0.264 e. The van der Waals surface area contributed by atoms with Gasteiger partial charge in [0, 0.05) is 23.7 Å². The number of pyridine rings is 1. The van der Waals surface area contributed by atoms with E-state index in [4.69, 9.17) is 9.47 Å². The summed E-state index contributed by atoms with van der Waals surface area (Å²) in [6.45, 7) is 0.590. The predicted octanol–water partition coefficient (Wildman–Crippen LogP) is 3.27. The van der Waals surface area contributed by atoms with Crippen LogP contribution in [0.3, 0.4) is 0 Å². The zero-order valence-corrected chi connectivity index (χ0v) is 14.2. The number of aromatic nitrogens is 1. The van der Waals surface area contributed by atoms with E-state index >= 15 is 0 Å². The highest BCUT2D eigenvalue weighted by Gasteiger charge is 2.27. The topological polar surface area (TPSA) is 60.5 Å². The van der Waals surface area contributed by atoms with Gasteiger partial charge in [-0.25, -0.2) is 0 Å². The largest absolute Gasteiger partial charge is 0.485 e. The van der Waals surface area contributed by atoms with Crippen molar-refractivity contribution in [2.75, 3.05) is 6.61 Å². The van der Waals surface area contributed by atoms with Crippen LogP contribution in [0.1, 0.15) is 5.56 Å². The number of nitrogens with zero attached hydrogens (tertiary/aromatic N) is 1. The van der Waals surface area contributed by atoms with Crippen LogP contribution < -0.4 is 14.8 Å². The van der Waals surface area contributed by atoms with Crippen molar-refractivity contribution in [1.29, 1.82) is 0 Å². The molecule has 1 aromatic carbocycles. The number of carbonyl (C=O) groups excluding carboxylic acids is 1. The maximum Gasteiger partial charge on any atom is 0.264 e. The quantitative estimate of drug-likeness (QED) is 0.783. The first-order chi connectivity index (χ1) is 12.3. The van der Waals surface area contributed by atoms with Gasteiger partial charge in [-0.05, 0) is 35.2 Å². The number of amides is 1. The molecule has 0 spiro atoms. The third-order valence-electron chi connectivity index (χ3n) is 3.94. The van der Waals surface area contributed by atoms with Crippen LogP contribution in [0.15, 0.2) is 59.4 Å². The highest BCUT2D eigenvalue weighted by atomic mass is 32.1. The van der Waals surface area contributed by atoms with Gasteiger partial charge in [-0.1, -0.05) is 18.2 Å². The van der Waals surface area contributed by atoms with Crippen LogP contribution in [-0.4, -0.2) is 23.6 Å². The Morgan fingerprint density at radius 3 is 2.92 bits per heavy atom. The van der Waals surface area contributed by atoms with Gasteiger partial charge in [-0.3, -0.25) is 9.78 Å². The first-order valence-corrected chi connectivity index (χ1v) is 8.88. The van der Waals surface area contributed by atoms with E-state index in [1.165, 1.54) is 0 Å². The van der Waals surface area contributed by atoms with Gasteiger partial charge < -0.3 is 14.8 Å². The van der Waals surface area contributed by atoms with E-state index in [0.717, 1.165) is 16.8 Å². The van der Waals surface area contributed by atoms with Gasteiger partial charge in [0.25, 0.3) is 5.91 Å². The molecule has 5 nitrogen and oxygen atoms in total. The third-order valence-corrected chi connectivity index (χ3v) is 4.62. The number of para-hydroxylation sites is 2. The Balaban J connectivity index is 1.44. The Morgan fingerprint density at radius 2 is 2.08 bits per heavy atom. The summed E-state index contributed by atoms with van der Waals surface area (Å²) in [6, 6.07) is 13.2. The maximum atomic E-state index is 12.4. The number of thiophene rings is 1. The van der Waals surface area contributed by atoms with E-state index in [1.54, 1.807) is 23.6 Å². The molecule has 3 aromatic rings. The SMILES string of the molecule is O=C(NCc1cccnc1-c1ccsc1)C1COc2ccccc2O1. The monoisotopic (exact) mass is 352 g/mol. The van der Waals surface area contributed by atoms with E-state index < -0.39 is 6.10 Å². The number of fused-ring (bicyclic) bond motifs is 1. The summed E-state index contributed by atoms with van der Waals surface area (Å²) in [5.41, 5.74) is 2.91. The highest BCUT2D eigenvalue weighted by molar-refractivity contribution is 7.08. The van der Waals surface area contributed by atoms with E-state index in [9.17, 15) is 4.79 Å². The fourth-order valence-corrected chi connectivity index (χ4v) is 3.33. The fourth-order valence-electron chi connectivity index (χ4n) is 2.69. The van der Waals surface area contributed by atoms with Crippen LogP contribution in [0, 0.1) is 0 Å². The molecule has 0 saturated carbocycles. The second-order valence-electron chi connectivity index (χ2n) is 5.61. The summed E-state index contributed by atoms with van der Waals surface area (Å²) in [5.74, 6) is 1.06. The van der Waals surface area contributed by atoms with Gasteiger partial charge in [0.05, 0.1) is 5.69 Å². The highest BCUT2D eigenvalue weighted by Crippen LogP contribution is 2.31. The summed E-state index contributed by atoms with van der Waals surface area (Å²) in [7, 11) is 0. The van der Waals surface area contributed by atoms with Crippen LogP contribution in [0.5, 0.6) is 11.5 Å². The number of carbonyl (C=O) groups is 1. The number of hydrogen-bond donors (Lipinski definition) is 1. The third kappa shape index (κ3) is 3.34. The van der Waals surface area contributed by atoms with Crippen molar-refractivity contribution >= 4 is 17.2 Å². The van der Waals surface area contributed by atoms with Gasteiger partial charge >= 0.3 is 0 Å². The lowest BCUT2D eigenvalue weighted by Gasteiger charge is -2.25. The van der Waals surface area contributed by atoms with Gasteiger partial charge in [0.2, 0.25) is 6.10 Å². The summed E-state index contributed by atoms with van der Waals surface area (Å²) < 4.78 is 11.3. The van der Waals surface area contributed by atoms with Crippen molar-refractivity contribution < 1.29 is 14.3 Å². The molecule has 4 rings (SSSR count). The second kappa shape index (κ2) is 6.94. The molecule has 1 aliphatic heterocycles. The normalized spacial score (nSPS) is 15.6. The number of nitrogens with one attached hydrogen (secondary N) is 1. The van der Waals surface area contributed by atoms with Crippen molar-refractivity contribution in [2.24, 2.45) is 0 Å². The number of rotatable bonds is 4. The van der Waals surface area contributed by atoms with Crippen LogP contribution in [0.25, 0.3) is 11.3 Å². The number of benzene rings is 1. The second-order valence-corrected chi connectivity index (χ2v) is 6.39.